The Balaban J connectivity index is 1.72. The molecule has 3 rings (SSSR count). The maximum Gasteiger partial charge on any atom is 0.339 e. The van der Waals surface area contributed by atoms with Crippen molar-refractivity contribution in [2.24, 2.45) is 0 Å². The number of benzene rings is 3. The van der Waals surface area contributed by atoms with Crippen LogP contribution in [0.15, 0.2) is 60.7 Å². The number of aromatic carboxylic acids is 1. The molecule has 0 heterocycles. The Morgan fingerprint density at radius 3 is 2.58 bits per heavy atom. The lowest BCUT2D eigenvalue weighted by molar-refractivity contribution is 0.0693. The van der Waals surface area contributed by atoms with Gasteiger partial charge in [0.15, 0.2) is 0 Å². The average molecular weight is 349 g/mol. The zero-order chi connectivity index (χ0) is 18.5. The van der Waals surface area contributed by atoms with Crippen molar-refractivity contribution in [3.8, 4) is 5.75 Å². The van der Waals surface area contributed by atoms with Crippen molar-refractivity contribution in [3.63, 3.8) is 0 Å². The molecule has 3 aromatic carbocycles. The Bertz CT molecular complexity index is 915. The second-order valence-electron chi connectivity index (χ2n) is 6.34. The number of aromatic hydroxyl groups is 1. The fourth-order valence-electron chi connectivity index (χ4n) is 3.32. The molecule has 0 aliphatic rings. The quantitative estimate of drug-likeness (QED) is 0.649. The van der Waals surface area contributed by atoms with Crippen LogP contribution in [0.2, 0.25) is 0 Å². The second-order valence-corrected chi connectivity index (χ2v) is 6.34. The van der Waals surface area contributed by atoms with Crippen LogP contribution in [0.3, 0.4) is 0 Å². The minimum atomic E-state index is -1.10. The zero-order valence-electron chi connectivity index (χ0n) is 14.9. The van der Waals surface area contributed by atoms with E-state index < -0.39 is 5.97 Å². The van der Waals surface area contributed by atoms with Gasteiger partial charge in [0, 0.05) is 24.2 Å². The van der Waals surface area contributed by atoms with E-state index in [1.165, 1.54) is 22.5 Å². The van der Waals surface area contributed by atoms with Crippen molar-refractivity contribution in [2.75, 3.05) is 18.0 Å². The summed E-state index contributed by atoms with van der Waals surface area (Å²) in [4.78, 5) is 13.5. The molecule has 0 saturated carbocycles. The molecule has 4 heteroatoms. The van der Waals surface area contributed by atoms with Crippen LogP contribution in [0.1, 0.15) is 29.3 Å². The third-order valence-electron chi connectivity index (χ3n) is 4.67. The molecule has 0 fully saturated rings. The summed E-state index contributed by atoms with van der Waals surface area (Å²) in [5.41, 5.74) is 2.11. The Morgan fingerprint density at radius 2 is 1.81 bits per heavy atom. The van der Waals surface area contributed by atoms with E-state index in [4.69, 9.17) is 5.11 Å². The van der Waals surface area contributed by atoms with Gasteiger partial charge in [-0.25, -0.2) is 4.79 Å². The fraction of sp³-hybridized carbons (Fsp3) is 0.227. The van der Waals surface area contributed by atoms with Gasteiger partial charge in [-0.3, -0.25) is 0 Å². The number of phenols is 1. The summed E-state index contributed by atoms with van der Waals surface area (Å²) >= 11 is 0. The molecule has 134 valence electrons. The minimum Gasteiger partial charge on any atom is -0.507 e. The lowest BCUT2D eigenvalue weighted by atomic mass is 10.0. The monoisotopic (exact) mass is 349 g/mol. The lowest BCUT2D eigenvalue weighted by Crippen LogP contribution is -2.24. The summed E-state index contributed by atoms with van der Waals surface area (Å²) in [5.74, 6) is -1.29. The van der Waals surface area contributed by atoms with Crippen LogP contribution < -0.4 is 4.90 Å². The van der Waals surface area contributed by atoms with Gasteiger partial charge in [-0.2, -0.15) is 0 Å². The Labute approximate surface area is 153 Å². The van der Waals surface area contributed by atoms with Crippen LogP contribution in [0, 0.1) is 0 Å². The maximum absolute atomic E-state index is 11.1. The predicted octanol–water partition coefficient (Wildman–Crippen LogP) is 4.70. The first-order chi connectivity index (χ1) is 12.6. The highest BCUT2D eigenvalue weighted by Gasteiger charge is 2.11. The van der Waals surface area contributed by atoms with E-state index in [0.29, 0.717) is 0 Å². The third kappa shape index (κ3) is 3.80. The third-order valence-corrected chi connectivity index (χ3v) is 4.67. The summed E-state index contributed by atoms with van der Waals surface area (Å²) in [5, 5.41) is 21.2. The number of carboxylic acids is 1. The van der Waals surface area contributed by atoms with Crippen LogP contribution in [0.4, 0.5) is 5.69 Å². The number of aryl methyl sites for hydroxylation is 1. The molecular formula is C22H23NO3. The molecule has 0 unspecified atom stereocenters. The summed E-state index contributed by atoms with van der Waals surface area (Å²) in [7, 11) is 0. The Hall–Kier alpha value is -3.01. The Morgan fingerprint density at radius 1 is 1.04 bits per heavy atom. The van der Waals surface area contributed by atoms with Gasteiger partial charge in [-0.15, -0.1) is 0 Å². The SMILES string of the molecule is CCN(CCCc1ccc(O)c(C(=O)O)c1)c1cccc2ccccc12. The highest BCUT2D eigenvalue weighted by molar-refractivity contribution is 5.94. The molecule has 0 bridgehead atoms. The number of nitrogens with zero attached hydrogens (tertiary/aromatic N) is 1. The number of carboxylic acid groups (broad SMARTS) is 1. The van der Waals surface area contributed by atoms with E-state index in [0.717, 1.165) is 31.5 Å². The molecular weight excluding hydrogens is 326 g/mol. The molecule has 0 aromatic heterocycles. The summed E-state index contributed by atoms with van der Waals surface area (Å²) in [6.45, 7) is 3.93. The van der Waals surface area contributed by atoms with Crippen LogP contribution in [-0.4, -0.2) is 29.3 Å². The molecule has 0 amide bonds. The van der Waals surface area contributed by atoms with Crippen LogP contribution in [-0.2, 0) is 6.42 Å². The molecule has 0 aliphatic carbocycles. The summed E-state index contributed by atoms with van der Waals surface area (Å²) in [6.07, 6.45) is 1.67. The van der Waals surface area contributed by atoms with Gasteiger partial charge in [-0.1, -0.05) is 42.5 Å². The number of fused-ring (bicyclic) bond motifs is 1. The number of rotatable bonds is 7. The average Bonchev–Trinajstić information content (AvgIpc) is 2.66. The molecule has 0 atom stereocenters. The fourth-order valence-corrected chi connectivity index (χ4v) is 3.32. The number of hydrogen-bond acceptors (Lipinski definition) is 3. The van der Waals surface area contributed by atoms with Gasteiger partial charge in [0.05, 0.1) is 0 Å². The van der Waals surface area contributed by atoms with Gasteiger partial charge in [0.2, 0.25) is 0 Å². The molecule has 2 N–H and O–H groups in total. The first kappa shape index (κ1) is 17.8. The number of carbonyl (C=O) groups is 1. The zero-order valence-corrected chi connectivity index (χ0v) is 14.9. The van der Waals surface area contributed by atoms with Gasteiger partial charge in [0.25, 0.3) is 0 Å². The smallest absolute Gasteiger partial charge is 0.339 e. The molecule has 26 heavy (non-hydrogen) atoms. The van der Waals surface area contributed by atoms with Crippen molar-refractivity contribution >= 4 is 22.4 Å². The van der Waals surface area contributed by atoms with E-state index >= 15 is 0 Å². The molecule has 0 spiro atoms. The summed E-state index contributed by atoms with van der Waals surface area (Å²) < 4.78 is 0. The van der Waals surface area contributed by atoms with Crippen molar-refractivity contribution in [1.29, 1.82) is 0 Å². The van der Waals surface area contributed by atoms with E-state index in [9.17, 15) is 9.90 Å². The highest BCUT2D eigenvalue weighted by atomic mass is 16.4. The summed E-state index contributed by atoms with van der Waals surface area (Å²) in [6, 6.07) is 19.5. The highest BCUT2D eigenvalue weighted by Crippen LogP contribution is 2.27. The first-order valence-electron chi connectivity index (χ1n) is 8.88. The lowest BCUT2D eigenvalue weighted by Gasteiger charge is -2.25. The van der Waals surface area contributed by atoms with Crippen molar-refractivity contribution in [1.82, 2.24) is 0 Å². The standard InChI is InChI=1S/C22H23NO3/c1-2-23(20-11-5-9-17-8-3-4-10-18(17)20)14-6-7-16-12-13-21(24)19(15-16)22(25)26/h3-5,8-13,15,24H,2,6-7,14H2,1H3,(H,25,26). The topological polar surface area (TPSA) is 60.8 Å². The molecule has 3 aromatic rings. The van der Waals surface area contributed by atoms with Crippen LogP contribution in [0.25, 0.3) is 10.8 Å². The maximum atomic E-state index is 11.1. The van der Waals surface area contributed by atoms with Crippen molar-refractivity contribution in [2.45, 2.75) is 19.8 Å². The first-order valence-corrected chi connectivity index (χ1v) is 8.88. The normalized spacial score (nSPS) is 10.8. The van der Waals surface area contributed by atoms with Gasteiger partial charge in [0.1, 0.15) is 11.3 Å². The van der Waals surface area contributed by atoms with E-state index in [1.54, 1.807) is 12.1 Å². The second kappa shape index (κ2) is 7.91. The van der Waals surface area contributed by atoms with Gasteiger partial charge in [-0.05, 0) is 48.9 Å². The van der Waals surface area contributed by atoms with E-state index in [-0.39, 0.29) is 11.3 Å². The molecule has 0 radical (unpaired) electrons. The van der Waals surface area contributed by atoms with Crippen LogP contribution in [0.5, 0.6) is 5.75 Å². The largest absolute Gasteiger partial charge is 0.507 e. The van der Waals surface area contributed by atoms with Crippen molar-refractivity contribution < 1.29 is 15.0 Å². The predicted molar refractivity (Wildman–Crippen MR) is 105 cm³/mol. The Kier molecular flexibility index (Phi) is 5.42. The molecule has 0 aliphatic heterocycles. The van der Waals surface area contributed by atoms with Crippen LogP contribution >= 0.6 is 0 Å². The van der Waals surface area contributed by atoms with Gasteiger partial charge < -0.3 is 15.1 Å². The van der Waals surface area contributed by atoms with Crippen molar-refractivity contribution in [3.05, 3.63) is 71.8 Å². The minimum absolute atomic E-state index is 0.0381. The van der Waals surface area contributed by atoms with Gasteiger partial charge >= 0.3 is 5.97 Å². The molecule has 4 nitrogen and oxygen atoms in total. The van der Waals surface area contributed by atoms with E-state index in [1.807, 2.05) is 6.07 Å². The number of anilines is 1. The number of hydrogen-bond donors (Lipinski definition) is 2. The van der Waals surface area contributed by atoms with E-state index in [2.05, 4.69) is 48.2 Å². The molecule has 0 saturated heterocycles.